The van der Waals surface area contributed by atoms with Gasteiger partial charge in [-0.05, 0) is 69.9 Å². The summed E-state index contributed by atoms with van der Waals surface area (Å²) in [6.07, 6.45) is 7.52. The fourth-order valence-electron chi connectivity index (χ4n) is 5.66. The lowest BCUT2D eigenvalue weighted by Crippen LogP contribution is -2.56. The second-order valence-corrected chi connectivity index (χ2v) is 9.78. The van der Waals surface area contributed by atoms with E-state index in [-0.39, 0.29) is 30.4 Å². The number of carbonyl (C=O) groups is 3. The van der Waals surface area contributed by atoms with Gasteiger partial charge in [0, 0.05) is 6.04 Å². The Balaban J connectivity index is 1.80. The van der Waals surface area contributed by atoms with E-state index in [0.29, 0.717) is 38.6 Å². The second kappa shape index (κ2) is 13.6. The topological polar surface area (TPSA) is 122 Å². The molecule has 0 radical (unpaired) electrons. The number of hydrogen-bond acceptors (Lipinski definition) is 6. The number of carboxylic acids is 1. The summed E-state index contributed by atoms with van der Waals surface area (Å²) in [6, 6.07) is 7.73. The zero-order valence-corrected chi connectivity index (χ0v) is 20.9. The van der Waals surface area contributed by atoms with Crippen molar-refractivity contribution in [2.24, 2.45) is 11.7 Å². The van der Waals surface area contributed by atoms with Crippen LogP contribution in [-0.2, 0) is 25.5 Å². The molecule has 0 aromatic heterocycles. The quantitative estimate of drug-likeness (QED) is 0.289. The summed E-state index contributed by atoms with van der Waals surface area (Å²) in [5, 5.41) is 13.2. The smallest absolute Gasteiger partial charge is 0.326 e. The average molecular weight is 488 g/mol. The van der Waals surface area contributed by atoms with E-state index in [2.05, 4.69) is 5.32 Å². The molecule has 8 nitrogen and oxygen atoms in total. The molecule has 8 heteroatoms. The molecule has 1 heterocycles. The van der Waals surface area contributed by atoms with Gasteiger partial charge in [0.2, 0.25) is 5.91 Å². The van der Waals surface area contributed by atoms with Crippen LogP contribution in [0.2, 0.25) is 0 Å². The Labute approximate surface area is 208 Å². The van der Waals surface area contributed by atoms with Gasteiger partial charge in [0.05, 0.1) is 12.6 Å². The largest absolute Gasteiger partial charge is 0.480 e. The minimum absolute atomic E-state index is 0.0403. The first kappa shape index (κ1) is 27.1. The van der Waals surface area contributed by atoms with Crippen molar-refractivity contribution in [1.82, 2.24) is 10.2 Å². The molecule has 5 atom stereocenters. The summed E-state index contributed by atoms with van der Waals surface area (Å²) < 4.78 is 5.33. The van der Waals surface area contributed by atoms with Gasteiger partial charge in [-0.15, -0.1) is 0 Å². The van der Waals surface area contributed by atoms with Gasteiger partial charge in [-0.2, -0.15) is 0 Å². The number of carboxylic acid groups (broad SMARTS) is 1. The number of aryl methyl sites for hydroxylation is 1. The molecule has 1 aromatic rings. The number of hydrogen-bond donors (Lipinski definition) is 3. The number of amides is 1. The van der Waals surface area contributed by atoms with E-state index >= 15 is 0 Å². The van der Waals surface area contributed by atoms with E-state index < -0.39 is 24.1 Å². The van der Waals surface area contributed by atoms with E-state index in [0.717, 1.165) is 37.7 Å². The predicted octanol–water partition coefficient (Wildman–Crippen LogP) is 2.88. The van der Waals surface area contributed by atoms with Crippen LogP contribution >= 0.6 is 0 Å². The fourth-order valence-corrected chi connectivity index (χ4v) is 5.66. The molecule has 1 saturated carbocycles. The number of carbonyl (C=O) groups excluding carboxylic acids is 2. The molecule has 0 spiro atoms. The van der Waals surface area contributed by atoms with E-state index in [4.69, 9.17) is 10.5 Å². The molecule has 0 bridgehead atoms. The highest BCUT2D eigenvalue weighted by Gasteiger charge is 2.49. The number of nitrogens with zero attached hydrogens (tertiary/aromatic N) is 1. The van der Waals surface area contributed by atoms with Gasteiger partial charge in [0.25, 0.3) is 0 Å². The maximum atomic E-state index is 13.9. The van der Waals surface area contributed by atoms with Crippen molar-refractivity contribution in [1.29, 1.82) is 0 Å². The number of nitrogens with one attached hydrogen (secondary N) is 1. The third kappa shape index (κ3) is 7.27. The van der Waals surface area contributed by atoms with Crippen LogP contribution in [0.1, 0.15) is 70.3 Å². The van der Waals surface area contributed by atoms with Crippen molar-refractivity contribution in [3.8, 4) is 0 Å². The van der Waals surface area contributed by atoms with Crippen molar-refractivity contribution >= 4 is 17.8 Å². The standard InChI is InChI=1S/C27H41N3O5/c1-2-35-27(34)22(16-15-19-10-4-3-5-11-19)29-21(13-8-9-17-28)25(31)30-23-14-7-6-12-20(23)18-24(30)26(32)33/h3-5,10-11,20-24,29H,2,6-9,12-18,28H2,1H3,(H,32,33)/t20-,21+,22?,23+,24+/m1/s1. The normalized spacial score (nSPS) is 23.4. The highest BCUT2D eigenvalue weighted by Crippen LogP contribution is 2.40. The van der Waals surface area contributed by atoms with Crippen molar-refractivity contribution in [3.63, 3.8) is 0 Å². The molecular weight excluding hydrogens is 446 g/mol. The van der Waals surface area contributed by atoms with Gasteiger partial charge in [-0.25, -0.2) is 4.79 Å². The predicted molar refractivity (Wildman–Crippen MR) is 134 cm³/mol. The third-order valence-corrected chi connectivity index (χ3v) is 7.41. The van der Waals surface area contributed by atoms with Crippen molar-refractivity contribution in [3.05, 3.63) is 35.9 Å². The third-order valence-electron chi connectivity index (χ3n) is 7.41. The molecule has 2 aliphatic rings. The molecule has 1 aromatic carbocycles. The van der Waals surface area contributed by atoms with Crippen LogP contribution in [0.5, 0.6) is 0 Å². The van der Waals surface area contributed by atoms with Gasteiger partial charge < -0.3 is 20.5 Å². The van der Waals surface area contributed by atoms with Gasteiger partial charge in [-0.3, -0.25) is 14.9 Å². The van der Waals surface area contributed by atoms with Crippen LogP contribution in [0.25, 0.3) is 0 Å². The number of unbranched alkanes of at least 4 members (excludes halogenated alkanes) is 1. The average Bonchev–Trinajstić information content (AvgIpc) is 3.26. The van der Waals surface area contributed by atoms with E-state index in [1.807, 2.05) is 30.3 Å². The molecule has 194 valence electrons. The Morgan fingerprint density at radius 1 is 1.11 bits per heavy atom. The van der Waals surface area contributed by atoms with Gasteiger partial charge >= 0.3 is 11.9 Å². The molecular formula is C27H41N3O5. The Kier molecular flexibility index (Phi) is 10.5. The van der Waals surface area contributed by atoms with E-state index in [9.17, 15) is 19.5 Å². The first-order valence-corrected chi connectivity index (χ1v) is 13.2. The number of benzene rings is 1. The van der Waals surface area contributed by atoms with Crippen LogP contribution in [0, 0.1) is 5.92 Å². The number of ether oxygens (including phenoxy) is 1. The first-order chi connectivity index (χ1) is 17.0. The molecule has 1 unspecified atom stereocenters. The molecule has 35 heavy (non-hydrogen) atoms. The minimum atomic E-state index is -0.945. The Morgan fingerprint density at radius 2 is 1.86 bits per heavy atom. The summed E-state index contributed by atoms with van der Waals surface area (Å²) in [5.74, 6) is -1.30. The Hall–Kier alpha value is -2.45. The van der Waals surface area contributed by atoms with E-state index in [1.54, 1.807) is 11.8 Å². The van der Waals surface area contributed by atoms with Gasteiger partial charge in [0.15, 0.2) is 0 Å². The maximum absolute atomic E-state index is 13.9. The summed E-state index contributed by atoms with van der Waals surface area (Å²) >= 11 is 0. The number of rotatable bonds is 13. The van der Waals surface area contributed by atoms with Crippen molar-refractivity contribution < 1.29 is 24.2 Å². The van der Waals surface area contributed by atoms with Gasteiger partial charge in [0.1, 0.15) is 12.1 Å². The highest BCUT2D eigenvalue weighted by molar-refractivity contribution is 5.88. The molecule has 1 saturated heterocycles. The van der Waals surface area contributed by atoms with Crippen LogP contribution in [-0.4, -0.2) is 65.2 Å². The molecule has 1 amide bonds. The van der Waals surface area contributed by atoms with Crippen molar-refractivity contribution in [2.45, 2.75) is 95.3 Å². The van der Waals surface area contributed by atoms with E-state index in [1.165, 1.54) is 0 Å². The summed E-state index contributed by atoms with van der Waals surface area (Å²) in [7, 11) is 0. The highest BCUT2D eigenvalue weighted by atomic mass is 16.5. The van der Waals surface area contributed by atoms with Gasteiger partial charge in [-0.1, -0.05) is 49.6 Å². The van der Waals surface area contributed by atoms with Crippen LogP contribution in [0.3, 0.4) is 0 Å². The molecule has 1 aliphatic heterocycles. The zero-order valence-electron chi connectivity index (χ0n) is 20.9. The number of likely N-dealkylation sites (tertiary alicyclic amines) is 1. The van der Waals surface area contributed by atoms with Crippen LogP contribution in [0.4, 0.5) is 0 Å². The Morgan fingerprint density at radius 3 is 2.54 bits per heavy atom. The summed E-state index contributed by atoms with van der Waals surface area (Å²) in [5.41, 5.74) is 6.80. The SMILES string of the molecule is CCOC(=O)C(CCc1ccccc1)N[C@@H](CCCCN)C(=O)N1[C@H](C(=O)O)C[C@H]2CCCC[C@@H]21. The lowest BCUT2D eigenvalue weighted by Gasteiger charge is -2.36. The second-order valence-electron chi connectivity index (χ2n) is 9.78. The number of esters is 1. The monoisotopic (exact) mass is 487 g/mol. The first-order valence-electron chi connectivity index (χ1n) is 13.2. The number of aliphatic carboxylic acids is 1. The minimum Gasteiger partial charge on any atom is -0.480 e. The summed E-state index contributed by atoms with van der Waals surface area (Å²) in [6.45, 7) is 2.54. The number of nitrogens with two attached hydrogens (primary N) is 1. The summed E-state index contributed by atoms with van der Waals surface area (Å²) in [4.78, 5) is 40.5. The van der Waals surface area contributed by atoms with Crippen LogP contribution in [0.15, 0.2) is 30.3 Å². The lowest BCUT2D eigenvalue weighted by atomic mass is 9.84. The van der Waals surface area contributed by atoms with Crippen molar-refractivity contribution in [2.75, 3.05) is 13.2 Å². The molecule has 1 aliphatic carbocycles. The molecule has 2 fully saturated rings. The Bertz CT molecular complexity index is 833. The lowest BCUT2D eigenvalue weighted by molar-refractivity contribution is -0.152. The fraction of sp³-hybridized carbons (Fsp3) is 0.667. The zero-order chi connectivity index (χ0) is 25.2. The maximum Gasteiger partial charge on any atom is 0.326 e. The van der Waals surface area contributed by atoms with Crippen LogP contribution < -0.4 is 11.1 Å². The molecule has 4 N–H and O–H groups in total. The number of fused-ring (bicyclic) bond motifs is 1. The molecule has 3 rings (SSSR count).